The lowest BCUT2D eigenvalue weighted by molar-refractivity contribution is 0.102. The minimum atomic E-state index is -0.301. The van der Waals surface area contributed by atoms with Crippen LogP contribution in [0.2, 0.25) is 0 Å². The van der Waals surface area contributed by atoms with Gasteiger partial charge in [-0.3, -0.25) is 9.59 Å². The number of amides is 1. The van der Waals surface area contributed by atoms with Crippen LogP contribution in [0.1, 0.15) is 43.2 Å². The van der Waals surface area contributed by atoms with Crippen LogP contribution in [0.4, 0.5) is 5.69 Å². The number of nitrogens with zero attached hydrogens (tertiary/aromatic N) is 2. The molecule has 27 heavy (non-hydrogen) atoms. The molecular weight excluding hydrogens is 338 g/mol. The summed E-state index contributed by atoms with van der Waals surface area (Å²) >= 11 is 0. The minimum absolute atomic E-state index is 0.156. The summed E-state index contributed by atoms with van der Waals surface area (Å²) in [5, 5.41) is 8.48. The van der Waals surface area contributed by atoms with Gasteiger partial charge in [0.05, 0.1) is 5.39 Å². The summed E-state index contributed by atoms with van der Waals surface area (Å²) in [4.78, 5) is 25.8. The van der Waals surface area contributed by atoms with Crippen LogP contribution in [0.3, 0.4) is 0 Å². The summed E-state index contributed by atoms with van der Waals surface area (Å²) in [6, 6.07) is 14.9. The Morgan fingerprint density at radius 1 is 1.07 bits per heavy atom. The molecule has 1 amide bonds. The van der Waals surface area contributed by atoms with E-state index in [2.05, 4.69) is 24.3 Å². The molecule has 0 unspecified atom stereocenters. The predicted octanol–water partition coefficient (Wildman–Crippen LogP) is 4.26. The fourth-order valence-electron chi connectivity index (χ4n) is 3.07. The van der Waals surface area contributed by atoms with Crippen molar-refractivity contribution in [3.63, 3.8) is 0 Å². The van der Waals surface area contributed by atoms with Crippen molar-refractivity contribution in [1.82, 2.24) is 9.78 Å². The fraction of sp³-hybridized carbons (Fsp3) is 0.318. The molecule has 0 fully saturated rings. The zero-order valence-electron chi connectivity index (χ0n) is 16.0. The third kappa shape index (κ3) is 4.08. The Kier molecular flexibility index (Phi) is 5.69. The van der Waals surface area contributed by atoms with E-state index < -0.39 is 0 Å². The number of fused-ring (bicyclic) bond motifs is 1. The topological polar surface area (TPSA) is 64.0 Å². The van der Waals surface area contributed by atoms with Gasteiger partial charge in [-0.1, -0.05) is 57.2 Å². The maximum atomic E-state index is 13.0. The first kappa shape index (κ1) is 18.8. The summed E-state index contributed by atoms with van der Waals surface area (Å²) in [5.74, 6) is 0.143. The molecule has 3 rings (SSSR count). The molecule has 0 aliphatic heterocycles. The molecule has 0 aliphatic rings. The van der Waals surface area contributed by atoms with E-state index >= 15 is 0 Å². The lowest BCUT2D eigenvalue weighted by Gasteiger charge is -2.13. The average molecular weight is 363 g/mol. The Morgan fingerprint density at radius 3 is 2.44 bits per heavy atom. The van der Waals surface area contributed by atoms with Gasteiger partial charge in [0.15, 0.2) is 5.69 Å². The maximum absolute atomic E-state index is 13.0. The van der Waals surface area contributed by atoms with E-state index in [1.165, 1.54) is 4.68 Å². The van der Waals surface area contributed by atoms with Crippen molar-refractivity contribution in [2.24, 2.45) is 5.92 Å². The SMILES string of the molecule is CCc1ccccc1NC(=O)c1nn(CCC(C)C)c(=O)c2ccccc12. The first-order valence-corrected chi connectivity index (χ1v) is 9.40. The molecule has 0 bridgehead atoms. The molecule has 0 saturated heterocycles. The minimum Gasteiger partial charge on any atom is -0.320 e. The molecule has 140 valence electrons. The van der Waals surface area contributed by atoms with Gasteiger partial charge in [0, 0.05) is 17.6 Å². The second kappa shape index (κ2) is 8.16. The van der Waals surface area contributed by atoms with Crippen molar-refractivity contribution in [3.8, 4) is 0 Å². The van der Waals surface area contributed by atoms with Crippen molar-refractivity contribution in [2.75, 3.05) is 5.32 Å². The van der Waals surface area contributed by atoms with Crippen LogP contribution in [0.15, 0.2) is 53.3 Å². The van der Waals surface area contributed by atoms with Gasteiger partial charge < -0.3 is 5.32 Å². The predicted molar refractivity (Wildman–Crippen MR) is 109 cm³/mol. The molecule has 2 aromatic carbocycles. The van der Waals surface area contributed by atoms with Gasteiger partial charge in [-0.25, -0.2) is 4.68 Å². The molecule has 0 atom stereocenters. The molecule has 1 N–H and O–H groups in total. The van der Waals surface area contributed by atoms with Gasteiger partial charge >= 0.3 is 0 Å². The fourth-order valence-corrected chi connectivity index (χ4v) is 3.07. The second-order valence-electron chi connectivity index (χ2n) is 7.07. The van der Waals surface area contributed by atoms with E-state index in [1.807, 2.05) is 43.3 Å². The third-order valence-corrected chi connectivity index (χ3v) is 4.65. The largest absolute Gasteiger partial charge is 0.320 e. The van der Waals surface area contributed by atoms with Crippen molar-refractivity contribution in [1.29, 1.82) is 0 Å². The number of carbonyl (C=O) groups excluding carboxylic acids is 1. The van der Waals surface area contributed by atoms with Gasteiger partial charge in [-0.2, -0.15) is 5.10 Å². The second-order valence-corrected chi connectivity index (χ2v) is 7.07. The molecular formula is C22H25N3O2. The number of hydrogen-bond acceptors (Lipinski definition) is 3. The normalized spacial score (nSPS) is 11.1. The Bertz CT molecular complexity index is 1020. The Balaban J connectivity index is 2.05. The Morgan fingerprint density at radius 2 is 1.74 bits per heavy atom. The summed E-state index contributed by atoms with van der Waals surface area (Å²) < 4.78 is 1.42. The molecule has 0 radical (unpaired) electrons. The van der Waals surface area contributed by atoms with Gasteiger partial charge in [0.25, 0.3) is 11.5 Å². The highest BCUT2D eigenvalue weighted by atomic mass is 16.2. The average Bonchev–Trinajstić information content (AvgIpc) is 2.68. The van der Waals surface area contributed by atoms with Crippen LogP contribution in [-0.2, 0) is 13.0 Å². The van der Waals surface area contributed by atoms with Crippen LogP contribution >= 0.6 is 0 Å². The number of anilines is 1. The van der Waals surface area contributed by atoms with Gasteiger partial charge in [-0.15, -0.1) is 0 Å². The molecule has 1 aromatic heterocycles. The van der Waals surface area contributed by atoms with Crippen molar-refractivity contribution in [2.45, 2.75) is 40.2 Å². The Hall–Kier alpha value is -2.95. The molecule has 0 spiro atoms. The number of carbonyl (C=O) groups is 1. The lowest BCUT2D eigenvalue weighted by Crippen LogP contribution is -2.28. The molecule has 5 nitrogen and oxygen atoms in total. The van der Waals surface area contributed by atoms with Crippen molar-refractivity contribution >= 4 is 22.4 Å². The highest BCUT2D eigenvalue weighted by molar-refractivity contribution is 6.11. The number of para-hydroxylation sites is 1. The number of hydrogen-bond donors (Lipinski definition) is 1. The number of aryl methyl sites for hydroxylation is 2. The van der Waals surface area contributed by atoms with Crippen molar-refractivity contribution < 1.29 is 4.79 Å². The molecule has 5 heteroatoms. The Labute approximate surface area is 159 Å². The van der Waals surface area contributed by atoms with E-state index in [0.29, 0.717) is 23.2 Å². The van der Waals surface area contributed by atoms with Crippen LogP contribution < -0.4 is 10.9 Å². The monoisotopic (exact) mass is 363 g/mol. The molecule has 3 aromatic rings. The first-order chi connectivity index (χ1) is 13.0. The van der Waals surface area contributed by atoms with E-state index in [4.69, 9.17) is 0 Å². The third-order valence-electron chi connectivity index (χ3n) is 4.65. The number of nitrogens with one attached hydrogen (secondary N) is 1. The standard InChI is InChI=1S/C22H25N3O2/c1-4-16-9-5-8-12-19(16)23-21(26)20-17-10-6-7-11-18(17)22(27)25(24-20)14-13-15(2)3/h5-12,15H,4,13-14H2,1-3H3,(H,23,26). The number of benzene rings is 2. The van der Waals surface area contributed by atoms with Gasteiger partial charge in [-0.05, 0) is 36.5 Å². The molecule has 0 aliphatic carbocycles. The van der Waals surface area contributed by atoms with Crippen LogP contribution in [0.25, 0.3) is 10.8 Å². The highest BCUT2D eigenvalue weighted by Gasteiger charge is 2.17. The van der Waals surface area contributed by atoms with E-state index in [-0.39, 0.29) is 17.2 Å². The summed E-state index contributed by atoms with van der Waals surface area (Å²) in [6.07, 6.45) is 1.64. The number of aromatic nitrogens is 2. The molecule has 1 heterocycles. The van der Waals surface area contributed by atoms with Crippen LogP contribution in [0.5, 0.6) is 0 Å². The summed E-state index contributed by atoms with van der Waals surface area (Å²) in [6.45, 7) is 6.74. The summed E-state index contributed by atoms with van der Waals surface area (Å²) in [7, 11) is 0. The zero-order valence-corrected chi connectivity index (χ0v) is 16.0. The van der Waals surface area contributed by atoms with E-state index in [9.17, 15) is 9.59 Å². The smallest absolute Gasteiger partial charge is 0.276 e. The summed E-state index contributed by atoms with van der Waals surface area (Å²) in [5.41, 5.74) is 1.95. The number of rotatable bonds is 6. The van der Waals surface area contributed by atoms with Gasteiger partial charge in [0.1, 0.15) is 0 Å². The zero-order chi connectivity index (χ0) is 19.4. The molecule has 0 saturated carbocycles. The first-order valence-electron chi connectivity index (χ1n) is 9.40. The van der Waals surface area contributed by atoms with E-state index in [0.717, 1.165) is 24.1 Å². The van der Waals surface area contributed by atoms with Gasteiger partial charge in [0.2, 0.25) is 0 Å². The maximum Gasteiger partial charge on any atom is 0.276 e. The highest BCUT2D eigenvalue weighted by Crippen LogP contribution is 2.19. The quantitative estimate of drug-likeness (QED) is 0.712. The van der Waals surface area contributed by atoms with Crippen LogP contribution in [-0.4, -0.2) is 15.7 Å². The lowest BCUT2D eigenvalue weighted by atomic mass is 10.1. The van der Waals surface area contributed by atoms with Crippen molar-refractivity contribution in [3.05, 3.63) is 70.1 Å². The van der Waals surface area contributed by atoms with Crippen LogP contribution in [0, 0.1) is 5.92 Å². The van der Waals surface area contributed by atoms with E-state index in [1.54, 1.807) is 12.1 Å².